The van der Waals surface area contributed by atoms with Crippen molar-refractivity contribution in [1.29, 1.82) is 0 Å². The van der Waals surface area contributed by atoms with Gasteiger partial charge in [0.25, 0.3) is 0 Å². The lowest BCUT2D eigenvalue weighted by molar-refractivity contribution is -0.117. The molecule has 0 aromatic carbocycles. The minimum absolute atomic E-state index is 0.194. The largest absolute Gasteiger partial charge is 0.369 e. The van der Waals surface area contributed by atoms with Crippen LogP contribution in [-0.2, 0) is 4.79 Å². The van der Waals surface area contributed by atoms with E-state index >= 15 is 0 Å². The van der Waals surface area contributed by atoms with Gasteiger partial charge >= 0.3 is 0 Å². The van der Waals surface area contributed by atoms with Crippen molar-refractivity contribution in [3.8, 4) is 11.8 Å². The molecule has 2 nitrogen and oxygen atoms in total. The van der Waals surface area contributed by atoms with E-state index in [1.807, 2.05) is 6.92 Å². The van der Waals surface area contributed by atoms with Crippen molar-refractivity contribution in [3.63, 3.8) is 0 Å². The van der Waals surface area contributed by atoms with E-state index in [0.29, 0.717) is 0 Å². The molecule has 50 valence electrons. The van der Waals surface area contributed by atoms with Crippen LogP contribution in [0.5, 0.6) is 0 Å². The summed E-state index contributed by atoms with van der Waals surface area (Å²) in [4.78, 5) is 10.1. The summed E-state index contributed by atoms with van der Waals surface area (Å²) in [6, 6.07) is 0. The van der Waals surface area contributed by atoms with Crippen molar-refractivity contribution in [3.05, 3.63) is 0 Å². The zero-order chi connectivity index (χ0) is 7.11. The maximum atomic E-state index is 10.1. The Morgan fingerprint density at radius 2 is 2.22 bits per heavy atom. The van der Waals surface area contributed by atoms with Crippen molar-refractivity contribution >= 4 is 5.91 Å². The average Bonchev–Trinajstić information content (AvgIpc) is 1.80. The van der Waals surface area contributed by atoms with Gasteiger partial charge in [0.2, 0.25) is 5.91 Å². The van der Waals surface area contributed by atoms with E-state index < -0.39 is 0 Å². The van der Waals surface area contributed by atoms with Crippen LogP contribution >= 0.6 is 0 Å². The second-order valence-electron chi connectivity index (χ2n) is 1.75. The minimum Gasteiger partial charge on any atom is -0.369 e. The summed E-state index contributed by atoms with van der Waals surface area (Å²) >= 11 is 0. The number of carbonyl (C=O) groups excluding carboxylic acids is 1. The lowest BCUT2D eigenvalue weighted by atomic mass is 10.3. The number of hydrogen-bond donors (Lipinski definition) is 1. The third-order valence-corrected chi connectivity index (χ3v) is 0.763. The molecule has 0 spiro atoms. The van der Waals surface area contributed by atoms with Gasteiger partial charge in [0.05, 0.1) is 6.42 Å². The summed E-state index contributed by atoms with van der Waals surface area (Å²) in [5.41, 5.74) is 4.83. The Bertz CT molecular complexity index is 141. The van der Waals surface area contributed by atoms with Gasteiger partial charge < -0.3 is 5.73 Å². The SMILES string of the molecule is CCCC#CCC(N)=O. The molecular weight excluding hydrogens is 114 g/mol. The summed E-state index contributed by atoms with van der Waals surface area (Å²) in [6.45, 7) is 2.04. The zero-order valence-corrected chi connectivity index (χ0v) is 5.61. The first-order valence-corrected chi connectivity index (χ1v) is 3.01. The lowest BCUT2D eigenvalue weighted by Crippen LogP contribution is -2.08. The van der Waals surface area contributed by atoms with Crippen LogP contribution in [0.3, 0.4) is 0 Å². The Balaban J connectivity index is 3.26. The molecule has 0 aliphatic rings. The van der Waals surface area contributed by atoms with E-state index in [-0.39, 0.29) is 12.3 Å². The highest BCUT2D eigenvalue weighted by Crippen LogP contribution is 1.81. The fourth-order valence-electron chi connectivity index (χ4n) is 0.363. The molecule has 2 heteroatoms. The molecule has 0 aliphatic carbocycles. The van der Waals surface area contributed by atoms with E-state index in [1.165, 1.54) is 0 Å². The first-order chi connectivity index (χ1) is 4.27. The van der Waals surface area contributed by atoms with Crippen molar-refractivity contribution in [2.75, 3.05) is 0 Å². The molecule has 2 N–H and O–H groups in total. The molecule has 1 amide bonds. The number of nitrogens with two attached hydrogens (primary N) is 1. The van der Waals surface area contributed by atoms with Crippen LogP contribution in [-0.4, -0.2) is 5.91 Å². The third-order valence-electron chi connectivity index (χ3n) is 0.763. The van der Waals surface area contributed by atoms with Crippen LogP contribution in [0.15, 0.2) is 0 Å². The fraction of sp³-hybridized carbons (Fsp3) is 0.571. The maximum Gasteiger partial charge on any atom is 0.229 e. The summed E-state index contributed by atoms with van der Waals surface area (Å²) in [5.74, 6) is 5.13. The van der Waals surface area contributed by atoms with Crippen molar-refractivity contribution < 1.29 is 4.79 Å². The highest BCUT2D eigenvalue weighted by molar-refractivity contribution is 5.76. The minimum atomic E-state index is -0.349. The predicted molar refractivity (Wildman–Crippen MR) is 36.5 cm³/mol. The summed E-state index contributed by atoms with van der Waals surface area (Å²) < 4.78 is 0. The van der Waals surface area contributed by atoms with Crippen LogP contribution in [0, 0.1) is 11.8 Å². The second-order valence-corrected chi connectivity index (χ2v) is 1.75. The Kier molecular flexibility index (Phi) is 4.61. The molecule has 0 atom stereocenters. The molecule has 0 aromatic rings. The molecule has 0 aromatic heterocycles. The van der Waals surface area contributed by atoms with E-state index in [1.54, 1.807) is 0 Å². The molecular formula is C7H11NO. The topological polar surface area (TPSA) is 43.1 Å². The van der Waals surface area contributed by atoms with Crippen LogP contribution in [0.1, 0.15) is 26.2 Å². The van der Waals surface area contributed by atoms with Crippen molar-refractivity contribution in [2.24, 2.45) is 5.73 Å². The predicted octanol–water partition coefficient (Wildman–Crippen LogP) is 0.665. The Morgan fingerprint density at radius 1 is 1.56 bits per heavy atom. The number of amides is 1. The summed E-state index contributed by atoms with van der Waals surface area (Å²) in [5, 5.41) is 0. The van der Waals surface area contributed by atoms with E-state index in [2.05, 4.69) is 11.8 Å². The number of rotatable bonds is 2. The van der Waals surface area contributed by atoms with Crippen LogP contribution in [0.4, 0.5) is 0 Å². The molecule has 0 saturated carbocycles. The monoisotopic (exact) mass is 125 g/mol. The van der Waals surface area contributed by atoms with Gasteiger partial charge in [-0.2, -0.15) is 0 Å². The molecule has 0 bridgehead atoms. The lowest BCUT2D eigenvalue weighted by Gasteiger charge is -1.79. The Morgan fingerprint density at radius 3 is 2.67 bits per heavy atom. The second kappa shape index (κ2) is 5.17. The van der Waals surface area contributed by atoms with Crippen LogP contribution in [0.2, 0.25) is 0 Å². The molecule has 9 heavy (non-hydrogen) atoms. The van der Waals surface area contributed by atoms with Crippen molar-refractivity contribution in [1.82, 2.24) is 0 Å². The van der Waals surface area contributed by atoms with Gasteiger partial charge in [-0.25, -0.2) is 0 Å². The molecule has 0 unspecified atom stereocenters. The maximum absolute atomic E-state index is 10.1. The van der Waals surface area contributed by atoms with Gasteiger partial charge in [0.15, 0.2) is 0 Å². The first-order valence-electron chi connectivity index (χ1n) is 3.01. The highest BCUT2D eigenvalue weighted by atomic mass is 16.1. The quantitative estimate of drug-likeness (QED) is 0.541. The number of carbonyl (C=O) groups is 1. The standard InChI is InChI=1S/C7H11NO/c1-2-3-4-5-6-7(8)9/h2-3,6H2,1H3,(H2,8,9). The van der Waals surface area contributed by atoms with Gasteiger partial charge in [-0.3, -0.25) is 4.79 Å². The molecule has 0 radical (unpaired) electrons. The van der Waals surface area contributed by atoms with E-state index in [0.717, 1.165) is 12.8 Å². The first kappa shape index (κ1) is 8.03. The molecule has 0 rings (SSSR count). The Labute approximate surface area is 55.4 Å². The molecule has 0 saturated heterocycles. The summed E-state index contributed by atoms with van der Waals surface area (Å²) in [7, 11) is 0. The fourth-order valence-corrected chi connectivity index (χ4v) is 0.363. The van der Waals surface area contributed by atoms with E-state index in [9.17, 15) is 4.79 Å². The molecule has 0 fully saturated rings. The smallest absolute Gasteiger partial charge is 0.229 e. The summed E-state index contributed by atoms with van der Waals surface area (Å²) in [6.07, 6.45) is 2.08. The molecule has 0 heterocycles. The zero-order valence-electron chi connectivity index (χ0n) is 5.61. The highest BCUT2D eigenvalue weighted by Gasteiger charge is 1.83. The van der Waals surface area contributed by atoms with Gasteiger partial charge in [-0.1, -0.05) is 12.8 Å². The van der Waals surface area contributed by atoms with Crippen LogP contribution in [0.25, 0.3) is 0 Å². The van der Waals surface area contributed by atoms with Gasteiger partial charge in [-0.05, 0) is 6.42 Å². The van der Waals surface area contributed by atoms with E-state index in [4.69, 9.17) is 5.73 Å². The number of primary amides is 1. The van der Waals surface area contributed by atoms with Crippen molar-refractivity contribution in [2.45, 2.75) is 26.2 Å². The average molecular weight is 125 g/mol. The normalized spacial score (nSPS) is 7.67. The third kappa shape index (κ3) is 7.03. The van der Waals surface area contributed by atoms with Gasteiger partial charge in [0, 0.05) is 6.42 Å². The molecule has 0 aliphatic heterocycles. The Hall–Kier alpha value is -0.970. The van der Waals surface area contributed by atoms with Gasteiger partial charge in [0.1, 0.15) is 0 Å². The number of unbranched alkanes of at least 4 members (excludes halogenated alkanes) is 1. The van der Waals surface area contributed by atoms with Crippen LogP contribution < -0.4 is 5.73 Å². The number of hydrogen-bond acceptors (Lipinski definition) is 1. The van der Waals surface area contributed by atoms with Gasteiger partial charge in [-0.15, -0.1) is 5.92 Å².